The third-order valence-electron chi connectivity index (χ3n) is 6.35. The number of benzene rings is 3. The van der Waals surface area contributed by atoms with E-state index in [1.54, 1.807) is 17.0 Å². The van der Waals surface area contributed by atoms with E-state index in [2.05, 4.69) is 11.0 Å². The van der Waals surface area contributed by atoms with E-state index in [1.807, 2.05) is 54.6 Å². The third kappa shape index (κ3) is 3.75. The van der Waals surface area contributed by atoms with E-state index in [9.17, 15) is 4.79 Å². The molecule has 6 heteroatoms. The zero-order valence-electron chi connectivity index (χ0n) is 16.9. The van der Waals surface area contributed by atoms with Crippen LogP contribution < -0.4 is 9.64 Å². The van der Waals surface area contributed by atoms with E-state index in [0.717, 1.165) is 30.8 Å². The molecule has 0 aromatic heterocycles. The number of piperidine rings is 1. The highest BCUT2D eigenvalue weighted by Gasteiger charge is 2.46. The SMILES string of the molecule is O=C(Oc1ccccc1)N1CCC2(CC1)CN(c1ccccc1Cl)c1cc(Cl)ccc12. The first-order valence-electron chi connectivity index (χ1n) is 10.4. The summed E-state index contributed by atoms with van der Waals surface area (Å²) in [6.45, 7) is 2.10. The zero-order valence-corrected chi connectivity index (χ0v) is 18.4. The van der Waals surface area contributed by atoms with Crippen molar-refractivity contribution < 1.29 is 9.53 Å². The molecule has 0 atom stereocenters. The number of para-hydroxylation sites is 2. The van der Waals surface area contributed by atoms with Crippen LogP contribution >= 0.6 is 23.2 Å². The van der Waals surface area contributed by atoms with Crippen LogP contribution in [-0.2, 0) is 5.41 Å². The van der Waals surface area contributed by atoms with E-state index in [-0.39, 0.29) is 11.5 Å². The first-order chi connectivity index (χ1) is 15.1. The second-order valence-corrected chi connectivity index (χ2v) is 8.99. The number of rotatable bonds is 2. The summed E-state index contributed by atoms with van der Waals surface area (Å²) >= 11 is 12.9. The van der Waals surface area contributed by atoms with E-state index in [4.69, 9.17) is 27.9 Å². The molecule has 2 heterocycles. The molecule has 0 N–H and O–H groups in total. The number of anilines is 2. The Kier molecular flexibility index (Phi) is 5.28. The minimum absolute atomic E-state index is 0.0530. The van der Waals surface area contributed by atoms with E-state index >= 15 is 0 Å². The highest BCUT2D eigenvalue weighted by Crippen LogP contribution is 2.51. The fourth-order valence-corrected chi connectivity index (χ4v) is 5.14. The maximum Gasteiger partial charge on any atom is 0.415 e. The van der Waals surface area contributed by atoms with Crippen molar-refractivity contribution in [2.75, 3.05) is 24.5 Å². The van der Waals surface area contributed by atoms with E-state index < -0.39 is 0 Å². The molecule has 0 unspecified atom stereocenters. The summed E-state index contributed by atoms with van der Waals surface area (Å²) in [6.07, 6.45) is 1.41. The van der Waals surface area contributed by atoms with Gasteiger partial charge in [0.1, 0.15) is 5.75 Å². The van der Waals surface area contributed by atoms with Crippen LogP contribution in [0.3, 0.4) is 0 Å². The van der Waals surface area contributed by atoms with Crippen LogP contribution in [0.1, 0.15) is 18.4 Å². The first kappa shape index (κ1) is 20.2. The molecule has 0 saturated carbocycles. The predicted octanol–water partition coefficient (Wildman–Crippen LogP) is 6.68. The minimum atomic E-state index is -0.293. The molecule has 3 aromatic rings. The number of carbonyl (C=O) groups is 1. The molecule has 1 amide bonds. The Balaban J connectivity index is 1.39. The van der Waals surface area contributed by atoms with Gasteiger partial charge in [-0.05, 0) is 54.8 Å². The maximum absolute atomic E-state index is 12.6. The lowest BCUT2D eigenvalue weighted by Gasteiger charge is -2.39. The summed E-state index contributed by atoms with van der Waals surface area (Å²) in [5, 5.41) is 1.42. The summed E-state index contributed by atoms with van der Waals surface area (Å²) in [4.78, 5) is 16.7. The van der Waals surface area contributed by atoms with Crippen LogP contribution in [0.15, 0.2) is 72.8 Å². The molecular weight excluding hydrogens is 431 g/mol. The third-order valence-corrected chi connectivity index (χ3v) is 6.91. The number of fused-ring (bicyclic) bond motifs is 2. The van der Waals surface area contributed by atoms with Gasteiger partial charge >= 0.3 is 6.09 Å². The zero-order chi connectivity index (χ0) is 21.4. The van der Waals surface area contributed by atoms with Gasteiger partial charge in [-0.3, -0.25) is 0 Å². The average molecular weight is 453 g/mol. The Hall–Kier alpha value is -2.69. The van der Waals surface area contributed by atoms with Gasteiger partial charge in [-0.2, -0.15) is 0 Å². The number of likely N-dealkylation sites (tertiary alicyclic amines) is 1. The van der Waals surface area contributed by atoms with Gasteiger partial charge in [0, 0.05) is 35.8 Å². The summed E-state index contributed by atoms with van der Waals surface area (Å²) < 4.78 is 5.54. The lowest BCUT2D eigenvalue weighted by atomic mass is 9.74. The quantitative estimate of drug-likeness (QED) is 0.434. The van der Waals surface area contributed by atoms with Crippen LogP contribution in [-0.4, -0.2) is 30.6 Å². The van der Waals surface area contributed by atoms with Gasteiger partial charge in [-0.25, -0.2) is 4.79 Å². The Labute approximate surface area is 191 Å². The molecule has 5 rings (SSSR count). The standard InChI is InChI=1S/C25H22Cl2N2O2/c26-18-10-11-20-23(16-18)29(22-9-5-4-8-21(22)27)17-25(20)12-14-28(15-13-25)24(30)31-19-6-2-1-3-7-19/h1-11,16H,12-15,17H2. The largest absolute Gasteiger partial charge is 0.415 e. The fourth-order valence-electron chi connectivity index (χ4n) is 4.73. The number of hydrogen-bond acceptors (Lipinski definition) is 3. The number of amides is 1. The van der Waals surface area contributed by atoms with Crippen LogP contribution in [0.2, 0.25) is 10.0 Å². The second-order valence-electron chi connectivity index (χ2n) is 8.15. The van der Waals surface area contributed by atoms with Crippen LogP contribution in [0.4, 0.5) is 16.2 Å². The van der Waals surface area contributed by atoms with Gasteiger partial charge in [0.25, 0.3) is 0 Å². The lowest BCUT2D eigenvalue weighted by Crippen LogP contribution is -2.47. The van der Waals surface area contributed by atoms with Crippen molar-refractivity contribution in [3.8, 4) is 5.75 Å². The molecule has 0 bridgehead atoms. The van der Waals surface area contributed by atoms with Crippen molar-refractivity contribution in [3.63, 3.8) is 0 Å². The van der Waals surface area contributed by atoms with Gasteiger partial charge in [0.05, 0.1) is 10.7 Å². The van der Waals surface area contributed by atoms with Gasteiger partial charge in [0.15, 0.2) is 0 Å². The van der Waals surface area contributed by atoms with E-state index in [0.29, 0.717) is 28.9 Å². The van der Waals surface area contributed by atoms with Crippen molar-refractivity contribution in [2.45, 2.75) is 18.3 Å². The summed E-state index contributed by atoms with van der Waals surface area (Å²) in [7, 11) is 0. The van der Waals surface area contributed by atoms with Gasteiger partial charge in [-0.1, -0.05) is 59.6 Å². The van der Waals surface area contributed by atoms with Gasteiger partial charge < -0.3 is 14.5 Å². The summed E-state index contributed by atoms with van der Waals surface area (Å²) in [5.74, 6) is 0.568. The van der Waals surface area contributed by atoms with Crippen LogP contribution in [0.5, 0.6) is 5.75 Å². The molecule has 1 spiro atoms. The average Bonchev–Trinajstić information content (AvgIpc) is 3.08. The molecule has 1 fully saturated rings. The normalized spacial score (nSPS) is 17.0. The Morgan fingerprint density at radius 3 is 2.32 bits per heavy atom. The fraction of sp³-hybridized carbons (Fsp3) is 0.240. The topological polar surface area (TPSA) is 32.8 Å². The first-order valence-corrected chi connectivity index (χ1v) is 11.2. The molecule has 31 heavy (non-hydrogen) atoms. The number of hydrogen-bond donors (Lipinski definition) is 0. The second kappa shape index (κ2) is 8.10. The van der Waals surface area contributed by atoms with Crippen LogP contribution in [0, 0.1) is 0 Å². The molecule has 3 aromatic carbocycles. The van der Waals surface area contributed by atoms with E-state index in [1.165, 1.54) is 5.56 Å². The Morgan fingerprint density at radius 1 is 0.871 bits per heavy atom. The number of nitrogens with zero attached hydrogens (tertiary/aromatic N) is 2. The molecule has 2 aliphatic heterocycles. The highest BCUT2D eigenvalue weighted by atomic mass is 35.5. The monoisotopic (exact) mass is 452 g/mol. The van der Waals surface area contributed by atoms with Crippen molar-refractivity contribution in [2.24, 2.45) is 0 Å². The molecular formula is C25H22Cl2N2O2. The molecule has 0 radical (unpaired) electrons. The van der Waals surface area contributed by atoms with Crippen molar-refractivity contribution in [1.29, 1.82) is 0 Å². The molecule has 0 aliphatic carbocycles. The van der Waals surface area contributed by atoms with Crippen molar-refractivity contribution in [3.05, 3.63) is 88.4 Å². The van der Waals surface area contributed by atoms with Gasteiger partial charge in [-0.15, -0.1) is 0 Å². The Bertz CT molecular complexity index is 1110. The summed E-state index contributed by atoms with van der Waals surface area (Å²) in [5.41, 5.74) is 3.30. The molecule has 158 valence electrons. The minimum Gasteiger partial charge on any atom is -0.410 e. The van der Waals surface area contributed by atoms with Crippen LogP contribution in [0.25, 0.3) is 0 Å². The molecule has 2 aliphatic rings. The van der Waals surface area contributed by atoms with Gasteiger partial charge in [0.2, 0.25) is 0 Å². The number of carbonyl (C=O) groups excluding carboxylic acids is 1. The Morgan fingerprint density at radius 2 is 1.58 bits per heavy atom. The van der Waals surface area contributed by atoms with Crippen molar-refractivity contribution >= 4 is 40.7 Å². The maximum atomic E-state index is 12.6. The lowest BCUT2D eigenvalue weighted by molar-refractivity contribution is 0.125. The smallest absolute Gasteiger partial charge is 0.410 e. The predicted molar refractivity (Wildman–Crippen MR) is 125 cm³/mol. The number of halogens is 2. The summed E-state index contributed by atoms with van der Waals surface area (Å²) in [6, 6.07) is 23.2. The van der Waals surface area contributed by atoms with Crippen molar-refractivity contribution in [1.82, 2.24) is 4.90 Å². The number of ether oxygens (including phenoxy) is 1. The molecule has 1 saturated heterocycles. The highest BCUT2D eigenvalue weighted by molar-refractivity contribution is 6.33. The molecule has 4 nitrogen and oxygen atoms in total.